The van der Waals surface area contributed by atoms with Gasteiger partial charge in [-0.05, 0) is 30.2 Å². The number of hydrogen-bond donors (Lipinski definition) is 0. The van der Waals surface area contributed by atoms with Crippen molar-refractivity contribution >= 4 is 0 Å². The van der Waals surface area contributed by atoms with Crippen LogP contribution >= 0.6 is 0 Å². The van der Waals surface area contributed by atoms with Crippen molar-refractivity contribution in [2.45, 2.75) is 12.5 Å². The maximum Gasteiger partial charge on any atom is 0.123 e. The fraction of sp³-hybridized carbons (Fsp3) is 0.200. The Morgan fingerprint density at radius 3 is 2.18 bits per heavy atom. The summed E-state index contributed by atoms with van der Waals surface area (Å²) in [6, 6.07) is 16.3. The van der Waals surface area contributed by atoms with Crippen molar-refractivity contribution in [3.63, 3.8) is 0 Å². The molecule has 0 aliphatic carbocycles. The van der Waals surface area contributed by atoms with Crippen molar-refractivity contribution in [1.29, 1.82) is 0 Å². The van der Waals surface area contributed by atoms with Crippen LogP contribution in [0.3, 0.4) is 0 Å². The van der Waals surface area contributed by atoms with Crippen molar-refractivity contribution in [3.05, 3.63) is 71.5 Å². The van der Waals surface area contributed by atoms with Gasteiger partial charge in [0.05, 0.1) is 0 Å². The number of hydrogen-bond acceptors (Lipinski definition) is 1. The lowest BCUT2D eigenvalue weighted by molar-refractivity contribution is 0.0388. The molecule has 0 saturated carbocycles. The molecular formula is C15H15FO. The number of benzene rings is 2. The minimum atomic E-state index is -0.622. The molecule has 1 atom stereocenters. The second kappa shape index (κ2) is 4.68. The van der Waals surface area contributed by atoms with Gasteiger partial charge in [-0.1, -0.05) is 42.5 Å². The van der Waals surface area contributed by atoms with Gasteiger partial charge >= 0.3 is 0 Å². The molecule has 0 aliphatic heterocycles. The molecule has 0 amide bonds. The van der Waals surface area contributed by atoms with Crippen LogP contribution in [0.4, 0.5) is 4.39 Å². The van der Waals surface area contributed by atoms with Crippen LogP contribution in [0.5, 0.6) is 0 Å². The molecule has 88 valence electrons. The van der Waals surface area contributed by atoms with Gasteiger partial charge in [0.25, 0.3) is 0 Å². The van der Waals surface area contributed by atoms with Gasteiger partial charge in [-0.25, -0.2) is 4.39 Å². The summed E-state index contributed by atoms with van der Waals surface area (Å²) < 4.78 is 18.9. The van der Waals surface area contributed by atoms with Crippen LogP contribution in [0.25, 0.3) is 0 Å². The Bertz CT molecular complexity index is 495. The lowest BCUT2D eigenvalue weighted by Crippen LogP contribution is -2.25. The van der Waals surface area contributed by atoms with E-state index in [0.29, 0.717) is 0 Å². The number of ether oxygens (including phenoxy) is 1. The lowest BCUT2D eigenvalue weighted by atomic mass is 9.88. The van der Waals surface area contributed by atoms with Gasteiger partial charge in [0.1, 0.15) is 11.4 Å². The molecule has 0 saturated heterocycles. The number of rotatable bonds is 3. The minimum Gasteiger partial charge on any atom is -0.369 e. The monoisotopic (exact) mass is 230 g/mol. The average molecular weight is 230 g/mol. The Labute approximate surface area is 101 Å². The van der Waals surface area contributed by atoms with Crippen LogP contribution in [-0.2, 0) is 10.3 Å². The van der Waals surface area contributed by atoms with E-state index in [0.717, 1.165) is 11.1 Å². The maximum atomic E-state index is 13.3. The van der Waals surface area contributed by atoms with E-state index >= 15 is 0 Å². The molecule has 1 unspecified atom stereocenters. The lowest BCUT2D eigenvalue weighted by Gasteiger charge is -2.29. The summed E-state index contributed by atoms with van der Waals surface area (Å²) in [4.78, 5) is 0. The Balaban J connectivity index is 2.52. The zero-order chi connectivity index (χ0) is 12.3. The molecule has 0 fully saturated rings. The number of halogens is 1. The predicted molar refractivity (Wildman–Crippen MR) is 66.3 cm³/mol. The molecule has 2 aromatic rings. The van der Waals surface area contributed by atoms with Crippen molar-refractivity contribution in [2.75, 3.05) is 7.11 Å². The van der Waals surface area contributed by atoms with E-state index in [1.54, 1.807) is 13.2 Å². The molecule has 2 aromatic carbocycles. The van der Waals surface area contributed by atoms with Crippen LogP contribution in [0, 0.1) is 5.82 Å². The molecule has 17 heavy (non-hydrogen) atoms. The maximum absolute atomic E-state index is 13.3. The Morgan fingerprint density at radius 1 is 0.941 bits per heavy atom. The van der Waals surface area contributed by atoms with Crippen LogP contribution < -0.4 is 0 Å². The summed E-state index contributed by atoms with van der Waals surface area (Å²) in [5.41, 5.74) is 1.20. The quantitative estimate of drug-likeness (QED) is 0.780. The zero-order valence-electron chi connectivity index (χ0n) is 9.98. The molecule has 2 heteroatoms. The van der Waals surface area contributed by atoms with Gasteiger partial charge in [-0.2, -0.15) is 0 Å². The fourth-order valence-corrected chi connectivity index (χ4v) is 1.94. The third-order valence-corrected chi connectivity index (χ3v) is 3.11. The molecule has 0 aliphatic rings. The van der Waals surface area contributed by atoms with E-state index in [4.69, 9.17) is 4.74 Å². The van der Waals surface area contributed by atoms with E-state index in [1.165, 1.54) is 12.1 Å². The Morgan fingerprint density at radius 2 is 1.59 bits per heavy atom. The third kappa shape index (κ3) is 2.22. The highest BCUT2D eigenvalue weighted by molar-refractivity contribution is 5.35. The van der Waals surface area contributed by atoms with Crippen LogP contribution in [0.15, 0.2) is 54.6 Å². The predicted octanol–water partition coefficient (Wildman–Crippen LogP) is 3.74. The number of methoxy groups -OCH3 is 1. The topological polar surface area (TPSA) is 9.23 Å². The van der Waals surface area contributed by atoms with Crippen LogP contribution in [0.2, 0.25) is 0 Å². The molecule has 0 radical (unpaired) electrons. The molecule has 0 bridgehead atoms. The van der Waals surface area contributed by atoms with Crippen molar-refractivity contribution in [2.24, 2.45) is 0 Å². The Hall–Kier alpha value is -1.67. The first-order chi connectivity index (χ1) is 8.16. The summed E-state index contributed by atoms with van der Waals surface area (Å²) in [7, 11) is 1.64. The first kappa shape index (κ1) is 11.8. The molecule has 0 heterocycles. The largest absolute Gasteiger partial charge is 0.369 e. The van der Waals surface area contributed by atoms with E-state index in [-0.39, 0.29) is 5.82 Å². The highest BCUT2D eigenvalue weighted by Gasteiger charge is 2.28. The van der Waals surface area contributed by atoms with E-state index in [2.05, 4.69) is 0 Å². The normalized spacial score (nSPS) is 14.3. The van der Waals surface area contributed by atoms with Gasteiger partial charge in [0.2, 0.25) is 0 Å². The van der Waals surface area contributed by atoms with Gasteiger partial charge in [-0.3, -0.25) is 0 Å². The fourth-order valence-electron chi connectivity index (χ4n) is 1.94. The van der Waals surface area contributed by atoms with E-state index < -0.39 is 5.60 Å². The van der Waals surface area contributed by atoms with Crippen molar-refractivity contribution in [3.8, 4) is 0 Å². The second-order valence-electron chi connectivity index (χ2n) is 4.11. The van der Waals surface area contributed by atoms with Gasteiger partial charge < -0.3 is 4.74 Å². The second-order valence-corrected chi connectivity index (χ2v) is 4.11. The van der Waals surface area contributed by atoms with Crippen LogP contribution in [0.1, 0.15) is 18.1 Å². The molecule has 0 aromatic heterocycles. The van der Waals surface area contributed by atoms with E-state index in [1.807, 2.05) is 43.3 Å². The van der Waals surface area contributed by atoms with Crippen LogP contribution in [-0.4, -0.2) is 7.11 Å². The standard InChI is InChI=1S/C15H15FO/c1-15(17-2,12-7-4-3-5-8-12)13-9-6-10-14(16)11-13/h3-11H,1-2H3. The summed E-state index contributed by atoms with van der Waals surface area (Å²) in [5, 5.41) is 0. The van der Waals surface area contributed by atoms with Gasteiger partial charge in [0, 0.05) is 7.11 Å². The Kier molecular flexibility index (Phi) is 3.25. The minimum absolute atomic E-state index is 0.248. The summed E-state index contributed by atoms with van der Waals surface area (Å²) in [6.07, 6.45) is 0. The SMILES string of the molecule is COC(C)(c1ccccc1)c1cccc(F)c1. The van der Waals surface area contributed by atoms with E-state index in [9.17, 15) is 4.39 Å². The summed E-state index contributed by atoms with van der Waals surface area (Å²) in [5.74, 6) is -0.248. The van der Waals surface area contributed by atoms with Crippen molar-refractivity contribution in [1.82, 2.24) is 0 Å². The molecule has 1 nitrogen and oxygen atoms in total. The average Bonchev–Trinajstić information content (AvgIpc) is 2.39. The highest BCUT2D eigenvalue weighted by Crippen LogP contribution is 2.32. The van der Waals surface area contributed by atoms with Gasteiger partial charge in [-0.15, -0.1) is 0 Å². The highest BCUT2D eigenvalue weighted by atomic mass is 19.1. The smallest absolute Gasteiger partial charge is 0.123 e. The third-order valence-electron chi connectivity index (χ3n) is 3.11. The first-order valence-electron chi connectivity index (χ1n) is 5.53. The first-order valence-corrected chi connectivity index (χ1v) is 5.53. The molecule has 2 rings (SSSR count). The van der Waals surface area contributed by atoms with Gasteiger partial charge in [0.15, 0.2) is 0 Å². The summed E-state index contributed by atoms with van der Waals surface area (Å²) in [6.45, 7) is 1.94. The summed E-state index contributed by atoms with van der Waals surface area (Å²) >= 11 is 0. The molecule has 0 spiro atoms. The van der Waals surface area contributed by atoms with Crippen molar-refractivity contribution < 1.29 is 9.13 Å². The zero-order valence-corrected chi connectivity index (χ0v) is 9.98. The molecular weight excluding hydrogens is 215 g/mol. The molecule has 0 N–H and O–H groups in total.